The number of aryl methyl sites for hydroxylation is 1. The van der Waals surface area contributed by atoms with Gasteiger partial charge in [0.15, 0.2) is 0 Å². The summed E-state index contributed by atoms with van der Waals surface area (Å²) in [5.41, 5.74) is 0.800. The van der Waals surface area contributed by atoms with E-state index >= 15 is 0 Å². The van der Waals surface area contributed by atoms with Gasteiger partial charge in [-0.2, -0.15) is 0 Å². The van der Waals surface area contributed by atoms with Gasteiger partial charge in [0.1, 0.15) is 6.54 Å². The van der Waals surface area contributed by atoms with E-state index in [-0.39, 0.29) is 24.1 Å². The van der Waals surface area contributed by atoms with Crippen molar-refractivity contribution in [1.29, 1.82) is 0 Å². The van der Waals surface area contributed by atoms with Crippen LogP contribution in [0.3, 0.4) is 0 Å². The second kappa shape index (κ2) is 5.82. The van der Waals surface area contributed by atoms with Crippen LogP contribution in [0.15, 0.2) is 23.1 Å². The molecule has 1 amide bonds. The number of carbonyl (C=O) groups is 1. The van der Waals surface area contributed by atoms with Crippen molar-refractivity contribution in [3.63, 3.8) is 0 Å². The van der Waals surface area contributed by atoms with Crippen molar-refractivity contribution in [2.24, 2.45) is 0 Å². The van der Waals surface area contributed by atoms with Crippen LogP contribution in [0.5, 0.6) is 0 Å². The molecule has 1 atom stereocenters. The molecule has 1 unspecified atom stereocenters. The molecule has 1 fully saturated rings. The first-order valence-corrected chi connectivity index (χ1v) is 6.20. The fourth-order valence-corrected chi connectivity index (χ4v) is 2.02. The topological polar surface area (TPSA) is 60.3 Å². The summed E-state index contributed by atoms with van der Waals surface area (Å²) in [6.45, 7) is 3.25. The average Bonchev–Trinajstić information content (AvgIpc) is 2.84. The summed E-state index contributed by atoms with van der Waals surface area (Å²) in [6.07, 6.45) is 3.86. The fourth-order valence-electron chi connectivity index (χ4n) is 2.02. The molecule has 18 heavy (non-hydrogen) atoms. The van der Waals surface area contributed by atoms with Crippen LogP contribution in [0.2, 0.25) is 0 Å². The fraction of sp³-hybridized carbons (Fsp3) is 0.538. The minimum absolute atomic E-state index is 0.0627. The smallest absolute Gasteiger partial charge is 0.251 e. The lowest BCUT2D eigenvalue weighted by Gasteiger charge is -2.11. The third-order valence-electron chi connectivity index (χ3n) is 3.00. The number of nitrogens with one attached hydrogen (secondary N) is 1. The number of ether oxygens (including phenoxy) is 1. The maximum absolute atomic E-state index is 11.7. The number of hydrogen-bond acceptors (Lipinski definition) is 3. The van der Waals surface area contributed by atoms with Gasteiger partial charge in [0, 0.05) is 25.4 Å². The molecule has 0 aromatic carbocycles. The van der Waals surface area contributed by atoms with Crippen LogP contribution in [-0.4, -0.2) is 29.7 Å². The molecule has 0 spiro atoms. The van der Waals surface area contributed by atoms with E-state index in [0.717, 1.165) is 25.0 Å². The van der Waals surface area contributed by atoms with E-state index in [1.807, 2.05) is 6.92 Å². The highest BCUT2D eigenvalue weighted by atomic mass is 16.5. The number of amides is 1. The molecule has 0 radical (unpaired) electrons. The highest BCUT2D eigenvalue weighted by molar-refractivity contribution is 5.75. The zero-order chi connectivity index (χ0) is 13.0. The Morgan fingerprint density at radius 1 is 1.56 bits per heavy atom. The number of pyridine rings is 1. The maximum Gasteiger partial charge on any atom is 0.251 e. The van der Waals surface area contributed by atoms with Crippen molar-refractivity contribution in [2.45, 2.75) is 32.4 Å². The Bertz CT molecular complexity index is 475. The normalized spacial score (nSPS) is 18.8. The summed E-state index contributed by atoms with van der Waals surface area (Å²) >= 11 is 0. The van der Waals surface area contributed by atoms with E-state index in [9.17, 15) is 9.59 Å². The minimum atomic E-state index is -0.159. The van der Waals surface area contributed by atoms with Crippen molar-refractivity contribution < 1.29 is 9.53 Å². The van der Waals surface area contributed by atoms with Crippen molar-refractivity contribution >= 4 is 5.91 Å². The molecular formula is C13H18N2O3. The Morgan fingerprint density at radius 3 is 3.11 bits per heavy atom. The SMILES string of the molecule is Cc1ccc(=O)n(CC(=O)NCC2CCCO2)c1. The van der Waals surface area contributed by atoms with Crippen LogP contribution < -0.4 is 10.9 Å². The van der Waals surface area contributed by atoms with Crippen LogP contribution >= 0.6 is 0 Å². The Labute approximate surface area is 106 Å². The van der Waals surface area contributed by atoms with Crippen molar-refractivity contribution in [1.82, 2.24) is 9.88 Å². The molecule has 1 aromatic rings. The molecule has 98 valence electrons. The van der Waals surface area contributed by atoms with Gasteiger partial charge < -0.3 is 14.6 Å². The molecule has 2 heterocycles. The Hall–Kier alpha value is -1.62. The summed E-state index contributed by atoms with van der Waals surface area (Å²) in [5.74, 6) is -0.154. The van der Waals surface area contributed by atoms with Crippen LogP contribution in [0.25, 0.3) is 0 Å². The van der Waals surface area contributed by atoms with Gasteiger partial charge in [-0.15, -0.1) is 0 Å². The highest BCUT2D eigenvalue weighted by Gasteiger charge is 2.16. The van der Waals surface area contributed by atoms with Crippen LogP contribution in [0.4, 0.5) is 0 Å². The molecule has 5 heteroatoms. The van der Waals surface area contributed by atoms with Crippen molar-refractivity contribution in [2.75, 3.05) is 13.2 Å². The number of carbonyl (C=O) groups excluding carboxylic acids is 1. The van der Waals surface area contributed by atoms with Crippen LogP contribution in [0, 0.1) is 6.92 Å². The molecule has 0 saturated carbocycles. The molecule has 2 rings (SSSR count). The minimum Gasteiger partial charge on any atom is -0.376 e. The van der Waals surface area contributed by atoms with Gasteiger partial charge in [-0.05, 0) is 25.3 Å². The molecule has 1 saturated heterocycles. The van der Waals surface area contributed by atoms with Gasteiger partial charge in [-0.25, -0.2) is 0 Å². The van der Waals surface area contributed by atoms with Gasteiger partial charge >= 0.3 is 0 Å². The van der Waals surface area contributed by atoms with Crippen LogP contribution in [-0.2, 0) is 16.1 Å². The standard InChI is InChI=1S/C13H18N2O3/c1-10-4-5-13(17)15(8-10)9-12(16)14-7-11-3-2-6-18-11/h4-5,8,11H,2-3,6-7,9H2,1H3,(H,14,16). The number of rotatable bonds is 4. The number of nitrogens with zero attached hydrogens (tertiary/aromatic N) is 1. The summed E-state index contributed by atoms with van der Waals surface area (Å²) in [5, 5.41) is 2.80. The monoisotopic (exact) mass is 250 g/mol. The predicted octanol–water partition coefficient (Wildman–Crippen LogP) is 0.452. The first-order valence-electron chi connectivity index (χ1n) is 6.20. The van der Waals surface area contributed by atoms with Crippen molar-refractivity contribution in [3.8, 4) is 0 Å². The molecule has 0 bridgehead atoms. The molecular weight excluding hydrogens is 232 g/mol. The number of hydrogen-bond donors (Lipinski definition) is 1. The lowest BCUT2D eigenvalue weighted by atomic mass is 10.2. The Morgan fingerprint density at radius 2 is 2.39 bits per heavy atom. The second-order valence-corrected chi connectivity index (χ2v) is 4.61. The quantitative estimate of drug-likeness (QED) is 0.844. The van der Waals surface area contributed by atoms with Gasteiger partial charge in [-0.3, -0.25) is 9.59 Å². The van der Waals surface area contributed by atoms with Gasteiger partial charge in [0.2, 0.25) is 5.91 Å². The van der Waals surface area contributed by atoms with E-state index < -0.39 is 0 Å². The lowest BCUT2D eigenvalue weighted by molar-refractivity contribution is -0.122. The molecule has 1 aromatic heterocycles. The van der Waals surface area contributed by atoms with Crippen LogP contribution in [0.1, 0.15) is 18.4 Å². The Balaban J connectivity index is 1.86. The summed E-state index contributed by atoms with van der Waals surface area (Å²) < 4.78 is 6.83. The first kappa shape index (κ1) is 12.8. The highest BCUT2D eigenvalue weighted by Crippen LogP contribution is 2.10. The zero-order valence-electron chi connectivity index (χ0n) is 10.5. The van der Waals surface area contributed by atoms with E-state index in [0.29, 0.717) is 6.54 Å². The third kappa shape index (κ3) is 3.43. The molecule has 1 aliphatic rings. The van der Waals surface area contributed by atoms with Gasteiger partial charge in [-0.1, -0.05) is 6.07 Å². The summed E-state index contributed by atoms with van der Waals surface area (Å²) in [4.78, 5) is 23.2. The molecule has 0 aliphatic carbocycles. The number of aromatic nitrogens is 1. The predicted molar refractivity (Wildman–Crippen MR) is 67.4 cm³/mol. The van der Waals surface area contributed by atoms with E-state index in [1.54, 1.807) is 12.3 Å². The first-order chi connectivity index (χ1) is 8.65. The van der Waals surface area contributed by atoms with Gasteiger partial charge in [0.05, 0.1) is 6.10 Å². The van der Waals surface area contributed by atoms with E-state index in [1.165, 1.54) is 10.6 Å². The Kier molecular flexibility index (Phi) is 4.15. The third-order valence-corrected chi connectivity index (χ3v) is 3.00. The van der Waals surface area contributed by atoms with Crippen molar-refractivity contribution in [3.05, 3.63) is 34.2 Å². The summed E-state index contributed by atoms with van der Waals surface area (Å²) in [6, 6.07) is 3.21. The zero-order valence-corrected chi connectivity index (χ0v) is 10.5. The molecule has 5 nitrogen and oxygen atoms in total. The van der Waals surface area contributed by atoms with E-state index in [4.69, 9.17) is 4.74 Å². The average molecular weight is 250 g/mol. The maximum atomic E-state index is 11.7. The second-order valence-electron chi connectivity index (χ2n) is 4.61. The summed E-state index contributed by atoms with van der Waals surface area (Å²) in [7, 11) is 0. The van der Waals surface area contributed by atoms with Gasteiger partial charge in [0.25, 0.3) is 5.56 Å². The largest absolute Gasteiger partial charge is 0.376 e. The lowest BCUT2D eigenvalue weighted by Crippen LogP contribution is -2.36. The molecule has 1 N–H and O–H groups in total. The van der Waals surface area contributed by atoms with E-state index in [2.05, 4.69) is 5.32 Å². The molecule has 1 aliphatic heterocycles.